The third-order valence-corrected chi connectivity index (χ3v) is 1.80. The Morgan fingerprint density at radius 2 is 1.85 bits per heavy atom. The highest BCUT2D eigenvalue weighted by molar-refractivity contribution is 5.68. The van der Waals surface area contributed by atoms with Crippen LogP contribution in [0.15, 0.2) is 24.4 Å². The van der Waals surface area contributed by atoms with Gasteiger partial charge in [-0.15, -0.1) is 0 Å². The summed E-state index contributed by atoms with van der Waals surface area (Å²) >= 11 is 0. The van der Waals surface area contributed by atoms with Gasteiger partial charge in [-0.2, -0.15) is 0 Å². The van der Waals surface area contributed by atoms with Gasteiger partial charge in [0.25, 0.3) is 0 Å². The van der Waals surface area contributed by atoms with E-state index in [0.29, 0.717) is 6.67 Å². The minimum atomic E-state index is 0.665. The Kier molecular flexibility index (Phi) is 3.75. The fourth-order valence-corrected chi connectivity index (χ4v) is 1.13. The Morgan fingerprint density at radius 1 is 1.08 bits per heavy atom. The first kappa shape index (κ1) is 9.51. The van der Waals surface area contributed by atoms with Crippen molar-refractivity contribution < 1.29 is 4.79 Å². The highest BCUT2D eigenvalue weighted by Gasteiger charge is 2.13. The van der Waals surface area contributed by atoms with Gasteiger partial charge >= 0.3 is 0 Å². The summed E-state index contributed by atoms with van der Waals surface area (Å²) in [7, 11) is 0. The van der Waals surface area contributed by atoms with Crippen molar-refractivity contribution in [1.29, 1.82) is 5.41 Å². The monoisotopic (exact) mass is 179 g/mol. The molecule has 1 amide bonds. The van der Waals surface area contributed by atoms with Gasteiger partial charge in [-0.05, 0) is 12.2 Å². The number of rotatable bonds is 4. The second-order valence-corrected chi connectivity index (χ2v) is 2.76. The van der Waals surface area contributed by atoms with Crippen LogP contribution in [0.3, 0.4) is 0 Å². The molecule has 0 aromatic carbocycles. The van der Waals surface area contributed by atoms with E-state index in [2.05, 4.69) is 0 Å². The van der Waals surface area contributed by atoms with E-state index in [1.807, 2.05) is 17.2 Å². The van der Waals surface area contributed by atoms with Gasteiger partial charge in [-0.1, -0.05) is 6.08 Å². The number of nitrogens with zero attached hydrogens (tertiary/aromatic N) is 2. The molecule has 0 aromatic heterocycles. The molecule has 1 aliphatic heterocycles. The number of carbonyl (C=O) groups excluding carboxylic acids is 1. The van der Waals surface area contributed by atoms with E-state index < -0.39 is 0 Å². The van der Waals surface area contributed by atoms with Crippen LogP contribution in [0.25, 0.3) is 0 Å². The molecule has 1 N–H and O–H groups in total. The third-order valence-electron chi connectivity index (χ3n) is 1.80. The van der Waals surface area contributed by atoms with E-state index in [1.54, 1.807) is 17.1 Å². The van der Waals surface area contributed by atoms with Gasteiger partial charge < -0.3 is 15.2 Å². The van der Waals surface area contributed by atoms with Crippen molar-refractivity contribution >= 4 is 12.6 Å². The molecular weight excluding hydrogens is 166 g/mol. The molecule has 0 unspecified atom stereocenters. The lowest BCUT2D eigenvalue weighted by molar-refractivity contribution is -0.117. The Balaban J connectivity index is 2.30. The summed E-state index contributed by atoms with van der Waals surface area (Å²) in [6, 6.07) is 0. The van der Waals surface area contributed by atoms with E-state index in [-0.39, 0.29) is 0 Å². The quantitative estimate of drug-likeness (QED) is 0.386. The van der Waals surface area contributed by atoms with Gasteiger partial charge in [-0.3, -0.25) is 4.79 Å². The molecule has 1 heterocycles. The van der Waals surface area contributed by atoms with Crippen LogP contribution >= 0.6 is 0 Å². The summed E-state index contributed by atoms with van der Waals surface area (Å²) in [5.41, 5.74) is 0. The Morgan fingerprint density at radius 3 is 2.46 bits per heavy atom. The summed E-state index contributed by atoms with van der Waals surface area (Å²) < 4.78 is 0. The second kappa shape index (κ2) is 5.13. The summed E-state index contributed by atoms with van der Waals surface area (Å²) in [5, 5.41) is 6.74. The topological polar surface area (TPSA) is 47.4 Å². The predicted molar refractivity (Wildman–Crippen MR) is 51.4 cm³/mol. The smallest absolute Gasteiger partial charge is 0.211 e. The van der Waals surface area contributed by atoms with Crippen molar-refractivity contribution in [1.82, 2.24) is 9.80 Å². The SMILES string of the molecule is N=C/C=C\C=C\N1CCN(C=O)C1. The summed E-state index contributed by atoms with van der Waals surface area (Å²) in [4.78, 5) is 14.1. The predicted octanol–water partition coefficient (Wildman–Crippen LogP) is 0.437. The summed E-state index contributed by atoms with van der Waals surface area (Å²) in [6.07, 6.45) is 9.30. The first-order chi connectivity index (χ1) is 6.36. The fraction of sp³-hybridized carbons (Fsp3) is 0.333. The number of hydrogen-bond acceptors (Lipinski definition) is 3. The number of amides is 1. The van der Waals surface area contributed by atoms with Crippen molar-refractivity contribution in [2.75, 3.05) is 19.8 Å². The first-order valence-corrected chi connectivity index (χ1v) is 4.14. The fourth-order valence-electron chi connectivity index (χ4n) is 1.13. The molecule has 13 heavy (non-hydrogen) atoms. The number of nitrogens with one attached hydrogen (secondary N) is 1. The Hall–Kier alpha value is -1.58. The maximum atomic E-state index is 10.4. The molecule has 1 saturated heterocycles. The highest BCUT2D eigenvalue weighted by Crippen LogP contribution is 2.02. The normalized spacial score (nSPS) is 17.5. The van der Waals surface area contributed by atoms with Gasteiger partial charge in [0.15, 0.2) is 0 Å². The lowest BCUT2D eigenvalue weighted by Crippen LogP contribution is -2.20. The molecule has 70 valence electrons. The molecule has 0 bridgehead atoms. The zero-order valence-corrected chi connectivity index (χ0v) is 7.39. The van der Waals surface area contributed by atoms with Crippen molar-refractivity contribution in [2.45, 2.75) is 0 Å². The summed E-state index contributed by atoms with van der Waals surface area (Å²) in [5.74, 6) is 0. The largest absolute Gasteiger partial charge is 0.358 e. The van der Waals surface area contributed by atoms with Crippen LogP contribution in [0.5, 0.6) is 0 Å². The molecule has 4 nitrogen and oxygen atoms in total. The Labute approximate surface area is 77.6 Å². The van der Waals surface area contributed by atoms with Gasteiger partial charge in [0.2, 0.25) is 6.41 Å². The van der Waals surface area contributed by atoms with Gasteiger partial charge in [0.1, 0.15) is 0 Å². The van der Waals surface area contributed by atoms with Crippen LogP contribution < -0.4 is 0 Å². The average Bonchev–Trinajstić information content (AvgIpc) is 2.60. The van der Waals surface area contributed by atoms with Crippen molar-refractivity contribution in [3.05, 3.63) is 24.4 Å². The lowest BCUT2D eigenvalue weighted by atomic mass is 10.5. The van der Waals surface area contributed by atoms with Crippen molar-refractivity contribution in [3.63, 3.8) is 0 Å². The van der Waals surface area contributed by atoms with Crippen molar-refractivity contribution in [3.8, 4) is 0 Å². The van der Waals surface area contributed by atoms with Crippen LogP contribution in [0, 0.1) is 5.41 Å². The lowest BCUT2D eigenvalue weighted by Gasteiger charge is -2.10. The number of hydrogen-bond donors (Lipinski definition) is 1. The molecular formula is C9H13N3O. The molecule has 0 saturated carbocycles. The molecule has 1 aliphatic rings. The van der Waals surface area contributed by atoms with Crippen LogP contribution in [0.2, 0.25) is 0 Å². The zero-order chi connectivity index (χ0) is 9.52. The number of carbonyl (C=O) groups is 1. The minimum Gasteiger partial charge on any atom is -0.358 e. The molecule has 0 aromatic rings. The standard InChI is InChI=1S/C9H13N3O/c10-4-2-1-3-5-11-6-7-12(8-11)9-13/h1-5,9-10H,6-8H2/b2-1-,5-3+,10-4?. The van der Waals surface area contributed by atoms with E-state index in [1.165, 1.54) is 6.21 Å². The van der Waals surface area contributed by atoms with Gasteiger partial charge in [0, 0.05) is 25.5 Å². The molecule has 4 heteroatoms. The average molecular weight is 179 g/mol. The van der Waals surface area contributed by atoms with E-state index in [0.717, 1.165) is 19.5 Å². The van der Waals surface area contributed by atoms with E-state index >= 15 is 0 Å². The molecule has 1 rings (SSSR count). The van der Waals surface area contributed by atoms with E-state index in [9.17, 15) is 4.79 Å². The summed E-state index contributed by atoms with van der Waals surface area (Å²) in [6.45, 7) is 2.34. The molecule has 0 atom stereocenters. The molecule has 1 fully saturated rings. The van der Waals surface area contributed by atoms with E-state index in [4.69, 9.17) is 5.41 Å². The van der Waals surface area contributed by atoms with Gasteiger partial charge in [0.05, 0.1) is 6.67 Å². The molecule has 0 radical (unpaired) electrons. The van der Waals surface area contributed by atoms with Crippen LogP contribution in [0.4, 0.5) is 0 Å². The number of allylic oxidation sites excluding steroid dienone is 3. The Bertz CT molecular complexity index is 235. The van der Waals surface area contributed by atoms with Crippen LogP contribution in [-0.4, -0.2) is 42.2 Å². The third kappa shape index (κ3) is 3.11. The highest BCUT2D eigenvalue weighted by atomic mass is 16.1. The minimum absolute atomic E-state index is 0.665. The van der Waals surface area contributed by atoms with Crippen molar-refractivity contribution in [2.24, 2.45) is 0 Å². The molecule has 0 aliphatic carbocycles. The van der Waals surface area contributed by atoms with Crippen LogP contribution in [-0.2, 0) is 4.79 Å². The second-order valence-electron chi connectivity index (χ2n) is 2.76. The maximum absolute atomic E-state index is 10.4. The maximum Gasteiger partial charge on any atom is 0.211 e. The molecule has 0 spiro atoms. The van der Waals surface area contributed by atoms with Gasteiger partial charge in [-0.25, -0.2) is 0 Å². The van der Waals surface area contributed by atoms with Crippen LogP contribution in [0.1, 0.15) is 0 Å². The zero-order valence-electron chi connectivity index (χ0n) is 7.39. The first-order valence-electron chi connectivity index (χ1n) is 4.14.